The van der Waals surface area contributed by atoms with Crippen LogP contribution >= 0.6 is 11.6 Å². The Hall–Kier alpha value is -1.40. The van der Waals surface area contributed by atoms with Crippen molar-refractivity contribution in [3.63, 3.8) is 0 Å². The van der Waals surface area contributed by atoms with E-state index in [-0.39, 0.29) is 5.69 Å². The van der Waals surface area contributed by atoms with E-state index in [1.54, 1.807) is 0 Å². The molecule has 98 valence electrons. The molecule has 2 rings (SSSR count). The number of pyridine rings is 1. The fraction of sp³-hybridized carbons (Fsp3) is 0.545. The second kappa shape index (κ2) is 5.49. The van der Waals surface area contributed by atoms with Crippen molar-refractivity contribution in [2.75, 3.05) is 24.5 Å². The van der Waals surface area contributed by atoms with E-state index >= 15 is 0 Å². The Morgan fingerprint density at radius 3 is 3.11 bits per heavy atom. The minimum atomic E-state index is -0.491. The number of rotatable bonds is 3. The predicted molar refractivity (Wildman–Crippen MR) is 70.2 cm³/mol. The zero-order chi connectivity index (χ0) is 13.1. The summed E-state index contributed by atoms with van der Waals surface area (Å²) in [5.74, 6) is 0.627. The van der Waals surface area contributed by atoms with Gasteiger partial charge in [-0.15, -0.1) is 0 Å². The summed E-state index contributed by atoms with van der Waals surface area (Å²) in [7, 11) is 0. The second-order valence-corrected chi connectivity index (χ2v) is 4.67. The highest BCUT2D eigenvalue weighted by Gasteiger charge is 2.22. The second-order valence-electron chi connectivity index (χ2n) is 4.26. The molecular formula is C11H15ClN4O2. The monoisotopic (exact) mass is 270 g/mol. The molecule has 1 atom stereocenters. The Bertz CT molecular complexity index is 455. The summed E-state index contributed by atoms with van der Waals surface area (Å²) in [5.41, 5.74) is -0.0778. The molecule has 0 amide bonds. The molecule has 1 fully saturated rings. The minimum absolute atomic E-state index is 0.0778. The lowest BCUT2D eigenvalue weighted by atomic mass is 10.1. The fourth-order valence-corrected chi connectivity index (χ4v) is 2.32. The van der Waals surface area contributed by atoms with Gasteiger partial charge in [-0.1, -0.05) is 18.5 Å². The summed E-state index contributed by atoms with van der Waals surface area (Å²) >= 11 is 6.07. The first-order chi connectivity index (χ1) is 8.61. The number of nitrogens with one attached hydrogen (secondary N) is 1. The van der Waals surface area contributed by atoms with Gasteiger partial charge in [0, 0.05) is 31.7 Å². The van der Waals surface area contributed by atoms with Gasteiger partial charge in [0.15, 0.2) is 0 Å². The summed E-state index contributed by atoms with van der Waals surface area (Å²) in [6, 6.07) is 1.76. The molecule has 1 saturated heterocycles. The van der Waals surface area contributed by atoms with Crippen LogP contribution in [0.1, 0.15) is 13.3 Å². The molecule has 1 N–H and O–H groups in total. The third-order valence-corrected chi connectivity index (χ3v) is 3.34. The lowest BCUT2D eigenvalue weighted by Crippen LogP contribution is -2.50. The molecule has 1 aliphatic heterocycles. The van der Waals surface area contributed by atoms with Crippen LogP contribution in [0.4, 0.5) is 11.5 Å². The van der Waals surface area contributed by atoms with Gasteiger partial charge in [0.2, 0.25) is 0 Å². The zero-order valence-corrected chi connectivity index (χ0v) is 10.9. The van der Waals surface area contributed by atoms with Gasteiger partial charge in [0.05, 0.1) is 9.95 Å². The van der Waals surface area contributed by atoms with E-state index in [9.17, 15) is 10.1 Å². The number of aromatic nitrogens is 1. The molecule has 18 heavy (non-hydrogen) atoms. The first-order valence-electron chi connectivity index (χ1n) is 5.90. The van der Waals surface area contributed by atoms with Gasteiger partial charge in [-0.2, -0.15) is 0 Å². The lowest BCUT2D eigenvalue weighted by Gasteiger charge is -2.34. The first-order valence-corrected chi connectivity index (χ1v) is 6.28. The smallest absolute Gasteiger partial charge is 0.289 e. The van der Waals surface area contributed by atoms with Crippen LogP contribution in [0.25, 0.3) is 0 Å². The van der Waals surface area contributed by atoms with Crippen LogP contribution in [-0.2, 0) is 0 Å². The van der Waals surface area contributed by atoms with E-state index in [4.69, 9.17) is 11.6 Å². The number of hydrogen-bond acceptors (Lipinski definition) is 5. The number of hydrogen-bond donors (Lipinski definition) is 1. The summed E-state index contributed by atoms with van der Waals surface area (Å²) in [4.78, 5) is 16.3. The number of anilines is 1. The quantitative estimate of drug-likeness (QED) is 0.670. The number of nitrogens with zero attached hydrogens (tertiary/aromatic N) is 3. The maximum Gasteiger partial charge on any atom is 0.289 e. The van der Waals surface area contributed by atoms with Crippen LogP contribution in [-0.4, -0.2) is 35.6 Å². The third kappa shape index (κ3) is 2.70. The zero-order valence-electron chi connectivity index (χ0n) is 10.1. The molecule has 0 aromatic carbocycles. The Kier molecular flexibility index (Phi) is 3.98. The summed E-state index contributed by atoms with van der Waals surface area (Å²) in [6.45, 7) is 4.61. The molecule has 6 nitrogen and oxygen atoms in total. The number of halogens is 1. The lowest BCUT2D eigenvalue weighted by molar-refractivity contribution is -0.385. The Morgan fingerprint density at radius 2 is 2.50 bits per heavy atom. The van der Waals surface area contributed by atoms with Gasteiger partial charge in [-0.25, -0.2) is 4.98 Å². The average molecular weight is 271 g/mol. The average Bonchev–Trinajstić information content (AvgIpc) is 2.38. The van der Waals surface area contributed by atoms with Crippen molar-refractivity contribution in [2.24, 2.45) is 0 Å². The maximum atomic E-state index is 10.6. The van der Waals surface area contributed by atoms with Crippen LogP contribution in [0.15, 0.2) is 12.3 Å². The van der Waals surface area contributed by atoms with Gasteiger partial charge in [0.1, 0.15) is 12.0 Å². The van der Waals surface area contributed by atoms with Crippen LogP contribution in [0.3, 0.4) is 0 Å². The number of nitro groups is 1. The van der Waals surface area contributed by atoms with E-state index in [0.29, 0.717) is 16.9 Å². The molecule has 1 aromatic heterocycles. The van der Waals surface area contributed by atoms with Crippen molar-refractivity contribution in [1.82, 2.24) is 10.3 Å². The molecule has 0 radical (unpaired) electrons. The molecular weight excluding hydrogens is 256 g/mol. The molecule has 2 heterocycles. The summed E-state index contributed by atoms with van der Waals surface area (Å²) < 4.78 is 0. The highest BCUT2D eigenvalue weighted by Crippen LogP contribution is 2.27. The van der Waals surface area contributed by atoms with Crippen molar-refractivity contribution in [3.05, 3.63) is 27.4 Å². The largest absolute Gasteiger partial charge is 0.353 e. The molecule has 0 aliphatic carbocycles. The topological polar surface area (TPSA) is 71.3 Å². The van der Waals surface area contributed by atoms with Crippen LogP contribution < -0.4 is 10.2 Å². The molecule has 7 heteroatoms. The fourth-order valence-electron chi connectivity index (χ4n) is 2.04. The van der Waals surface area contributed by atoms with Crippen molar-refractivity contribution >= 4 is 23.1 Å². The Morgan fingerprint density at radius 1 is 1.72 bits per heavy atom. The van der Waals surface area contributed by atoms with E-state index in [1.807, 2.05) is 0 Å². The molecule has 1 aromatic rings. The van der Waals surface area contributed by atoms with E-state index in [1.165, 1.54) is 12.3 Å². The minimum Gasteiger partial charge on any atom is -0.353 e. The maximum absolute atomic E-state index is 10.6. The highest BCUT2D eigenvalue weighted by molar-refractivity contribution is 6.33. The van der Waals surface area contributed by atoms with Crippen molar-refractivity contribution in [2.45, 2.75) is 19.4 Å². The van der Waals surface area contributed by atoms with Gasteiger partial charge >= 0.3 is 0 Å². The van der Waals surface area contributed by atoms with Crippen LogP contribution in [0.5, 0.6) is 0 Å². The van der Waals surface area contributed by atoms with Crippen molar-refractivity contribution in [3.8, 4) is 0 Å². The third-order valence-electron chi connectivity index (χ3n) is 3.07. The van der Waals surface area contributed by atoms with Gasteiger partial charge in [-0.05, 0) is 6.42 Å². The molecule has 0 unspecified atom stereocenters. The van der Waals surface area contributed by atoms with E-state index < -0.39 is 4.92 Å². The summed E-state index contributed by atoms with van der Waals surface area (Å²) in [6.07, 6.45) is 2.28. The Labute approximate surface area is 110 Å². The predicted octanol–water partition coefficient (Wildman–Crippen LogP) is 1.83. The van der Waals surface area contributed by atoms with Gasteiger partial charge in [0.25, 0.3) is 5.69 Å². The highest BCUT2D eigenvalue weighted by atomic mass is 35.5. The molecule has 0 bridgehead atoms. The van der Waals surface area contributed by atoms with Crippen molar-refractivity contribution in [1.29, 1.82) is 0 Å². The Balaban J connectivity index is 2.20. The van der Waals surface area contributed by atoms with E-state index in [2.05, 4.69) is 22.1 Å². The molecule has 1 aliphatic rings. The van der Waals surface area contributed by atoms with Gasteiger partial charge < -0.3 is 10.2 Å². The number of piperazine rings is 1. The van der Waals surface area contributed by atoms with Gasteiger partial charge in [-0.3, -0.25) is 10.1 Å². The van der Waals surface area contributed by atoms with Crippen LogP contribution in [0, 0.1) is 10.1 Å². The van der Waals surface area contributed by atoms with Crippen molar-refractivity contribution < 1.29 is 4.92 Å². The standard InChI is InChI=1S/C11H15ClN4O2/c1-2-8-7-15(4-3-13-8)11-10(12)5-9(6-14-11)16(17)18/h5-6,8,13H,2-4,7H2,1H3/t8-/m0/s1. The van der Waals surface area contributed by atoms with Crippen LogP contribution in [0.2, 0.25) is 5.02 Å². The first kappa shape index (κ1) is 13.0. The normalized spacial score (nSPS) is 19.9. The molecule has 0 saturated carbocycles. The summed E-state index contributed by atoms with van der Waals surface area (Å²) in [5, 5.41) is 14.4. The van der Waals surface area contributed by atoms with E-state index in [0.717, 1.165) is 26.1 Å². The SMILES string of the molecule is CC[C@H]1CN(c2ncc([N+](=O)[O-])cc2Cl)CCN1. The molecule has 0 spiro atoms.